The first kappa shape index (κ1) is 20.7. The molecule has 0 N–H and O–H groups in total. The van der Waals surface area contributed by atoms with E-state index in [1.807, 2.05) is 11.8 Å². The van der Waals surface area contributed by atoms with Crippen LogP contribution in [-0.4, -0.2) is 46.1 Å². The number of rotatable bonds is 10. The van der Waals surface area contributed by atoms with Gasteiger partial charge in [0.15, 0.2) is 0 Å². The average molecular weight is 399 g/mol. The molecule has 0 heterocycles. The molecule has 0 spiro atoms. The van der Waals surface area contributed by atoms with E-state index in [1.165, 1.54) is 57.4 Å². The van der Waals surface area contributed by atoms with Crippen LogP contribution in [0.1, 0.15) is 0 Å². The van der Waals surface area contributed by atoms with Gasteiger partial charge in [-0.1, -0.05) is 21.6 Å². The summed E-state index contributed by atoms with van der Waals surface area (Å²) >= 11 is 3.53. The van der Waals surface area contributed by atoms with Crippen molar-refractivity contribution in [2.75, 3.05) is 37.2 Å². The van der Waals surface area contributed by atoms with Crippen LogP contribution in [0.25, 0.3) is 0 Å². The first-order chi connectivity index (χ1) is 9.20. The van der Waals surface area contributed by atoms with Gasteiger partial charge >= 0.3 is 0 Å². The molecule has 0 unspecified atom stereocenters. The second-order valence-corrected chi connectivity index (χ2v) is 10.7. The third-order valence-corrected chi connectivity index (χ3v) is 8.69. The van der Waals surface area contributed by atoms with Crippen molar-refractivity contribution in [1.29, 1.82) is 0 Å². The summed E-state index contributed by atoms with van der Waals surface area (Å²) < 4.78 is 9.24. The summed E-state index contributed by atoms with van der Waals surface area (Å²) in [7, 11) is 8.46. The second kappa shape index (κ2) is 16.1. The van der Waals surface area contributed by atoms with Crippen molar-refractivity contribution in [2.45, 2.75) is 0 Å². The maximum absolute atomic E-state index is 11.1. The molecule has 19 heavy (non-hydrogen) atoms. The fraction of sp³-hybridized carbons (Fsp3) is 0.750. The lowest BCUT2D eigenvalue weighted by molar-refractivity contribution is 0.274. The predicted octanol–water partition coefficient (Wildman–Crippen LogP) is 5.31. The van der Waals surface area contributed by atoms with Gasteiger partial charge in [0.2, 0.25) is 0 Å². The Bertz CT molecular complexity index is 229. The lowest BCUT2D eigenvalue weighted by Gasteiger charge is -2.00. The molecule has 0 aliphatic carbocycles. The van der Waals surface area contributed by atoms with Gasteiger partial charge in [-0.2, -0.15) is 11.8 Å². The molecule has 0 radical (unpaired) electrons. The molecular weight excluding hydrogens is 385 g/mol. The largest absolute Gasteiger partial charge is 0.311 e. The van der Waals surface area contributed by atoms with Gasteiger partial charge in [0.25, 0.3) is 8.89 Å². The molecule has 0 rings (SSSR count). The van der Waals surface area contributed by atoms with Crippen LogP contribution >= 0.6 is 79.0 Å². The Morgan fingerprint density at radius 3 is 1.58 bits per heavy atom. The van der Waals surface area contributed by atoms with Crippen LogP contribution in [0.3, 0.4) is 0 Å². The van der Waals surface area contributed by atoms with Crippen LogP contribution in [0.5, 0.6) is 0 Å². The molecule has 0 bridgehead atoms. The Kier molecular flexibility index (Phi) is 17.5. The summed E-state index contributed by atoms with van der Waals surface area (Å²) in [6.07, 6.45) is 0. The SMILES string of the molecule is COSC(=O)SSCCSCCSSC(=O)SOC. The minimum Gasteiger partial charge on any atom is -0.311 e. The standard InChI is InChI=1S/C8H14O4S7/c1-11-16-7(9)18-14-5-3-13-4-6-15-19-8(10)17-12-2/h3-6H2,1-2H3. The van der Waals surface area contributed by atoms with Gasteiger partial charge in [-0.15, -0.1) is 0 Å². The highest BCUT2D eigenvalue weighted by Gasteiger charge is 2.04. The molecule has 0 saturated heterocycles. The first-order valence-corrected chi connectivity index (χ1v) is 12.1. The molecule has 0 amide bonds. The fourth-order valence-electron chi connectivity index (χ4n) is 0.631. The van der Waals surface area contributed by atoms with Gasteiger partial charge in [0.05, 0.1) is 38.3 Å². The summed E-state index contributed by atoms with van der Waals surface area (Å²) in [5.74, 6) is 3.83. The van der Waals surface area contributed by atoms with Crippen LogP contribution in [0.2, 0.25) is 0 Å². The first-order valence-electron chi connectivity index (χ1n) is 4.86. The molecular formula is C8H14O4S7. The number of thioether (sulfide) groups is 1. The topological polar surface area (TPSA) is 52.6 Å². The molecule has 0 aromatic carbocycles. The predicted molar refractivity (Wildman–Crippen MR) is 97.4 cm³/mol. The Morgan fingerprint density at radius 2 is 1.21 bits per heavy atom. The van der Waals surface area contributed by atoms with Crippen LogP contribution in [-0.2, 0) is 8.37 Å². The molecule has 4 nitrogen and oxygen atoms in total. The van der Waals surface area contributed by atoms with Crippen LogP contribution in [0, 0.1) is 0 Å². The van der Waals surface area contributed by atoms with E-state index in [2.05, 4.69) is 8.37 Å². The van der Waals surface area contributed by atoms with Crippen molar-refractivity contribution in [2.24, 2.45) is 0 Å². The van der Waals surface area contributed by atoms with E-state index in [0.29, 0.717) is 0 Å². The highest BCUT2D eigenvalue weighted by atomic mass is 33.1. The van der Waals surface area contributed by atoms with Crippen LogP contribution < -0.4 is 0 Å². The van der Waals surface area contributed by atoms with Crippen molar-refractivity contribution < 1.29 is 18.0 Å². The van der Waals surface area contributed by atoms with Crippen LogP contribution in [0.15, 0.2) is 0 Å². The number of carbonyl (C=O) groups is 2. The lowest BCUT2D eigenvalue weighted by atomic mass is 10.9. The van der Waals surface area contributed by atoms with Crippen molar-refractivity contribution in [3.63, 3.8) is 0 Å². The van der Waals surface area contributed by atoms with Crippen molar-refractivity contribution in [3.8, 4) is 0 Å². The van der Waals surface area contributed by atoms with E-state index >= 15 is 0 Å². The van der Waals surface area contributed by atoms with Gasteiger partial charge < -0.3 is 8.37 Å². The van der Waals surface area contributed by atoms with Gasteiger partial charge in [-0.3, -0.25) is 9.59 Å². The zero-order valence-corrected chi connectivity index (χ0v) is 16.0. The highest BCUT2D eigenvalue weighted by Crippen LogP contribution is 2.31. The van der Waals surface area contributed by atoms with Crippen molar-refractivity contribution in [3.05, 3.63) is 0 Å². The molecule has 0 fully saturated rings. The van der Waals surface area contributed by atoms with Gasteiger partial charge in [0.1, 0.15) is 0 Å². The van der Waals surface area contributed by atoms with Crippen molar-refractivity contribution >= 4 is 87.9 Å². The summed E-state index contributed by atoms with van der Waals surface area (Å²) in [5.41, 5.74) is 0. The fourth-order valence-corrected chi connectivity index (χ4v) is 7.25. The van der Waals surface area contributed by atoms with E-state index in [-0.39, 0.29) is 8.89 Å². The smallest absolute Gasteiger partial charge is 0.283 e. The molecule has 11 heteroatoms. The number of hydrogen-bond acceptors (Lipinski definition) is 11. The Morgan fingerprint density at radius 1 is 0.789 bits per heavy atom. The maximum Gasteiger partial charge on any atom is 0.283 e. The van der Waals surface area contributed by atoms with E-state index < -0.39 is 0 Å². The normalized spacial score (nSPS) is 10.6. The highest BCUT2D eigenvalue weighted by molar-refractivity contribution is 8.86. The Hall–Kier alpha value is 1.71. The van der Waals surface area contributed by atoms with E-state index in [9.17, 15) is 9.59 Å². The van der Waals surface area contributed by atoms with E-state index in [0.717, 1.165) is 47.1 Å². The van der Waals surface area contributed by atoms with Crippen LogP contribution in [0.4, 0.5) is 9.59 Å². The lowest BCUT2D eigenvalue weighted by Crippen LogP contribution is -1.89. The Balaban J connectivity index is 3.15. The molecule has 0 saturated carbocycles. The minimum atomic E-state index is -0.0291. The third-order valence-electron chi connectivity index (χ3n) is 1.18. The van der Waals surface area contributed by atoms with Gasteiger partial charge in [0, 0.05) is 23.0 Å². The van der Waals surface area contributed by atoms with E-state index in [1.54, 1.807) is 0 Å². The monoisotopic (exact) mass is 398 g/mol. The number of hydrogen-bond donors (Lipinski definition) is 0. The minimum absolute atomic E-state index is 0.0291. The quantitative estimate of drug-likeness (QED) is 0.273. The van der Waals surface area contributed by atoms with Gasteiger partial charge in [-0.05, 0) is 21.6 Å². The molecule has 0 aliphatic rings. The molecule has 0 aromatic heterocycles. The summed E-state index contributed by atoms with van der Waals surface area (Å²) in [6.45, 7) is 0. The Labute approximate surface area is 142 Å². The maximum atomic E-state index is 11.1. The summed E-state index contributed by atoms with van der Waals surface area (Å²) in [6, 6.07) is 0. The average Bonchev–Trinajstić information content (AvgIpc) is 2.37. The van der Waals surface area contributed by atoms with Crippen molar-refractivity contribution in [1.82, 2.24) is 0 Å². The summed E-state index contributed by atoms with van der Waals surface area (Å²) in [5, 5.41) is 0. The molecule has 112 valence electrons. The zero-order valence-electron chi connectivity index (χ0n) is 10.3. The molecule has 0 aliphatic heterocycles. The second-order valence-electron chi connectivity index (χ2n) is 2.42. The number of carbonyl (C=O) groups excluding carboxylic acids is 2. The third kappa shape index (κ3) is 15.9. The summed E-state index contributed by atoms with van der Waals surface area (Å²) in [4.78, 5) is 22.1. The van der Waals surface area contributed by atoms with E-state index in [4.69, 9.17) is 0 Å². The zero-order chi connectivity index (χ0) is 14.3. The molecule has 0 atom stereocenters. The molecule has 0 aromatic rings. The van der Waals surface area contributed by atoms with Gasteiger partial charge in [-0.25, -0.2) is 0 Å².